The van der Waals surface area contributed by atoms with E-state index in [4.69, 9.17) is 0 Å². The van der Waals surface area contributed by atoms with Gasteiger partial charge in [-0.3, -0.25) is 0 Å². The molecule has 2 aliphatic heterocycles. The van der Waals surface area contributed by atoms with E-state index in [9.17, 15) is 0 Å². The average molecular weight is 228 g/mol. The third-order valence-electron chi connectivity index (χ3n) is 3.46. The number of piperidine rings is 1. The van der Waals surface area contributed by atoms with Crippen molar-refractivity contribution in [3.05, 3.63) is 0 Å². The highest BCUT2D eigenvalue weighted by atomic mass is 32.2. The van der Waals surface area contributed by atoms with E-state index in [1.54, 1.807) is 0 Å². The fourth-order valence-electron chi connectivity index (χ4n) is 2.75. The maximum absolute atomic E-state index is 3.63. The zero-order valence-electron chi connectivity index (χ0n) is 10.1. The van der Waals surface area contributed by atoms with Crippen molar-refractivity contribution >= 4 is 11.8 Å². The first-order valence-electron chi connectivity index (χ1n) is 6.19. The molecule has 88 valence electrons. The summed E-state index contributed by atoms with van der Waals surface area (Å²) in [7, 11) is 0. The molecule has 3 heteroatoms. The monoisotopic (exact) mass is 228 g/mol. The predicted molar refractivity (Wildman–Crippen MR) is 68.6 cm³/mol. The van der Waals surface area contributed by atoms with Crippen LogP contribution in [0.25, 0.3) is 0 Å². The first-order valence-corrected chi connectivity index (χ1v) is 7.35. The molecule has 15 heavy (non-hydrogen) atoms. The van der Waals surface area contributed by atoms with Crippen LogP contribution in [0.1, 0.15) is 26.7 Å². The van der Waals surface area contributed by atoms with Crippen LogP contribution < -0.4 is 5.32 Å². The molecule has 0 saturated carbocycles. The lowest BCUT2D eigenvalue weighted by atomic mass is 9.84. The van der Waals surface area contributed by atoms with Gasteiger partial charge in [-0.05, 0) is 24.8 Å². The van der Waals surface area contributed by atoms with Crippen LogP contribution in [-0.2, 0) is 0 Å². The summed E-state index contributed by atoms with van der Waals surface area (Å²) in [4.78, 5) is 2.66. The van der Waals surface area contributed by atoms with Crippen LogP contribution >= 0.6 is 11.8 Å². The highest BCUT2D eigenvalue weighted by Crippen LogP contribution is 2.28. The van der Waals surface area contributed by atoms with Gasteiger partial charge < -0.3 is 10.2 Å². The molecule has 0 spiro atoms. The predicted octanol–water partition coefficient (Wildman–Crippen LogP) is 1.81. The van der Waals surface area contributed by atoms with Crippen molar-refractivity contribution in [3.8, 4) is 0 Å². The summed E-state index contributed by atoms with van der Waals surface area (Å²) >= 11 is 2.10. The highest BCUT2D eigenvalue weighted by molar-refractivity contribution is 7.99. The van der Waals surface area contributed by atoms with Crippen LogP contribution in [0, 0.1) is 5.41 Å². The topological polar surface area (TPSA) is 15.3 Å². The molecule has 1 N–H and O–H groups in total. The fourth-order valence-corrected chi connectivity index (χ4v) is 3.69. The summed E-state index contributed by atoms with van der Waals surface area (Å²) in [5.41, 5.74) is 0.542. The maximum atomic E-state index is 3.63. The first kappa shape index (κ1) is 11.7. The molecule has 1 unspecified atom stereocenters. The van der Waals surface area contributed by atoms with Gasteiger partial charge in [0.15, 0.2) is 0 Å². The lowest BCUT2D eigenvalue weighted by Gasteiger charge is -2.40. The summed E-state index contributed by atoms with van der Waals surface area (Å²) in [5, 5.41) is 3.63. The van der Waals surface area contributed by atoms with E-state index in [1.807, 2.05) is 0 Å². The van der Waals surface area contributed by atoms with Crippen LogP contribution in [0.3, 0.4) is 0 Å². The molecular formula is C12H24N2S. The van der Waals surface area contributed by atoms with Crippen LogP contribution in [0.4, 0.5) is 0 Å². The van der Waals surface area contributed by atoms with Crippen molar-refractivity contribution < 1.29 is 0 Å². The second-order valence-corrected chi connectivity index (χ2v) is 6.88. The molecule has 2 saturated heterocycles. The smallest absolute Gasteiger partial charge is 0.0285 e. The van der Waals surface area contributed by atoms with E-state index in [0.717, 1.165) is 6.04 Å². The van der Waals surface area contributed by atoms with Gasteiger partial charge in [-0.15, -0.1) is 0 Å². The van der Waals surface area contributed by atoms with Crippen LogP contribution in [0.2, 0.25) is 0 Å². The van der Waals surface area contributed by atoms with E-state index in [2.05, 4.69) is 35.8 Å². The summed E-state index contributed by atoms with van der Waals surface area (Å²) in [6, 6.07) is 0.734. The van der Waals surface area contributed by atoms with Gasteiger partial charge in [0.05, 0.1) is 0 Å². The summed E-state index contributed by atoms with van der Waals surface area (Å²) < 4.78 is 0. The van der Waals surface area contributed by atoms with Gasteiger partial charge in [-0.1, -0.05) is 13.8 Å². The molecule has 0 amide bonds. The minimum atomic E-state index is 0.542. The second kappa shape index (κ2) is 5.07. The Bertz CT molecular complexity index is 200. The quantitative estimate of drug-likeness (QED) is 0.776. The minimum absolute atomic E-state index is 0.542. The Hall–Kier alpha value is 0.270. The Morgan fingerprint density at radius 3 is 3.00 bits per heavy atom. The number of nitrogens with one attached hydrogen (secondary N) is 1. The Labute approximate surface area is 98.2 Å². The molecule has 2 fully saturated rings. The maximum Gasteiger partial charge on any atom is 0.0285 e. The molecule has 0 aromatic rings. The number of thioether (sulfide) groups is 1. The van der Waals surface area contributed by atoms with E-state index >= 15 is 0 Å². The van der Waals surface area contributed by atoms with Crippen LogP contribution in [0.15, 0.2) is 0 Å². The van der Waals surface area contributed by atoms with Crippen molar-refractivity contribution in [2.45, 2.75) is 32.7 Å². The average Bonchev–Trinajstić information content (AvgIpc) is 2.17. The molecule has 2 aliphatic rings. The third-order valence-corrected chi connectivity index (χ3v) is 4.59. The molecule has 0 aliphatic carbocycles. The first-order chi connectivity index (χ1) is 7.16. The largest absolute Gasteiger partial charge is 0.311 e. The lowest BCUT2D eigenvalue weighted by Crippen LogP contribution is -2.50. The number of hydrogen-bond donors (Lipinski definition) is 1. The van der Waals surface area contributed by atoms with Crippen molar-refractivity contribution in [1.82, 2.24) is 10.2 Å². The molecular weight excluding hydrogens is 204 g/mol. The standard InChI is InChI=1S/C12H24N2S/c1-12(2)4-3-6-14(10-12)8-11-9-15-7-5-13-11/h11,13H,3-10H2,1-2H3. The molecule has 0 aromatic heterocycles. The minimum Gasteiger partial charge on any atom is -0.311 e. The third kappa shape index (κ3) is 3.65. The van der Waals surface area contributed by atoms with Gasteiger partial charge in [0, 0.05) is 37.2 Å². The fraction of sp³-hybridized carbons (Fsp3) is 1.00. The zero-order valence-corrected chi connectivity index (χ0v) is 10.9. The van der Waals surface area contributed by atoms with Gasteiger partial charge in [0.25, 0.3) is 0 Å². The van der Waals surface area contributed by atoms with Crippen molar-refractivity contribution in [2.24, 2.45) is 5.41 Å². The molecule has 0 aromatic carbocycles. The summed E-state index contributed by atoms with van der Waals surface area (Å²) in [6.07, 6.45) is 2.78. The van der Waals surface area contributed by atoms with Gasteiger partial charge in [0.2, 0.25) is 0 Å². The Balaban J connectivity index is 1.78. The van der Waals surface area contributed by atoms with E-state index in [0.29, 0.717) is 5.41 Å². The lowest BCUT2D eigenvalue weighted by molar-refractivity contribution is 0.110. The molecule has 1 atom stereocenters. The van der Waals surface area contributed by atoms with Gasteiger partial charge in [0.1, 0.15) is 0 Å². The normalized spacial score (nSPS) is 32.8. The zero-order chi connectivity index (χ0) is 10.7. The van der Waals surface area contributed by atoms with Crippen molar-refractivity contribution in [3.63, 3.8) is 0 Å². The van der Waals surface area contributed by atoms with Gasteiger partial charge in [-0.25, -0.2) is 0 Å². The van der Waals surface area contributed by atoms with Crippen LogP contribution in [0.5, 0.6) is 0 Å². The van der Waals surface area contributed by atoms with E-state index < -0.39 is 0 Å². The molecule has 2 rings (SSSR count). The van der Waals surface area contributed by atoms with Gasteiger partial charge in [-0.2, -0.15) is 11.8 Å². The van der Waals surface area contributed by atoms with Crippen molar-refractivity contribution in [2.75, 3.05) is 37.7 Å². The Morgan fingerprint density at radius 2 is 2.33 bits per heavy atom. The summed E-state index contributed by atoms with van der Waals surface area (Å²) in [6.45, 7) is 9.87. The number of nitrogens with zero attached hydrogens (tertiary/aromatic N) is 1. The SMILES string of the molecule is CC1(C)CCCN(CC2CSCCN2)C1. The van der Waals surface area contributed by atoms with E-state index in [1.165, 1.54) is 50.5 Å². The Morgan fingerprint density at radius 1 is 1.47 bits per heavy atom. The molecule has 2 heterocycles. The number of rotatable bonds is 2. The number of hydrogen-bond acceptors (Lipinski definition) is 3. The molecule has 0 radical (unpaired) electrons. The molecule has 0 bridgehead atoms. The second-order valence-electron chi connectivity index (χ2n) is 5.73. The van der Waals surface area contributed by atoms with E-state index in [-0.39, 0.29) is 0 Å². The molecule has 2 nitrogen and oxygen atoms in total. The number of likely N-dealkylation sites (tertiary alicyclic amines) is 1. The summed E-state index contributed by atoms with van der Waals surface area (Å²) in [5.74, 6) is 2.60. The van der Waals surface area contributed by atoms with Crippen LogP contribution in [-0.4, -0.2) is 48.6 Å². The van der Waals surface area contributed by atoms with Crippen molar-refractivity contribution in [1.29, 1.82) is 0 Å². The Kier molecular flexibility index (Phi) is 3.97. The highest BCUT2D eigenvalue weighted by Gasteiger charge is 2.27. The van der Waals surface area contributed by atoms with Gasteiger partial charge >= 0.3 is 0 Å².